The lowest BCUT2D eigenvalue weighted by molar-refractivity contribution is 0.174. The molecule has 1 aliphatic rings. The third-order valence-electron chi connectivity index (χ3n) is 4.25. The van der Waals surface area contributed by atoms with E-state index in [0.29, 0.717) is 6.04 Å². The molecule has 0 saturated heterocycles. The van der Waals surface area contributed by atoms with Crippen LogP contribution in [0, 0.1) is 0 Å². The van der Waals surface area contributed by atoms with Crippen molar-refractivity contribution < 1.29 is 9.47 Å². The number of methoxy groups -OCH3 is 1. The maximum absolute atomic E-state index is 5.73. The van der Waals surface area contributed by atoms with E-state index >= 15 is 0 Å². The fourth-order valence-corrected chi connectivity index (χ4v) is 2.24. The Hall–Kier alpha value is -1.26. The minimum absolute atomic E-state index is 0.122. The molecular weight excluding hydrogens is 252 g/mol. The molecule has 0 spiro atoms. The lowest BCUT2D eigenvalue weighted by Gasteiger charge is -2.36. The van der Waals surface area contributed by atoms with Crippen LogP contribution in [0.1, 0.15) is 31.9 Å². The molecule has 112 valence electrons. The van der Waals surface area contributed by atoms with Crippen LogP contribution < -0.4 is 14.8 Å². The van der Waals surface area contributed by atoms with Gasteiger partial charge in [0.15, 0.2) is 0 Å². The highest BCUT2D eigenvalue weighted by atomic mass is 16.5. The first kappa shape index (κ1) is 15.1. The highest BCUT2D eigenvalue weighted by Gasteiger charge is 2.26. The Labute approximate surface area is 122 Å². The van der Waals surface area contributed by atoms with Crippen molar-refractivity contribution in [2.75, 3.05) is 34.4 Å². The van der Waals surface area contributed by atoms with Crippen LogP contribution in [0.25, 0.3) is 0 Å². The Balaban J connectivity index is 2.12. The maximum atomic E-state index is 5.73. The van der Waals surface area contributed by atoms with Gasteiger partial charge in [-0.05, 0) is 46.1 Å². The Kier molecular flexibility index (Phi) is 4.55. The summed E-state index contributed by atoms with van der Waals surface area (Å²) in [7, 11) is 5.92. The number of ether oxygens (including phenoxy) is 2. The molecule has 0 radical (unpaired) electrons. The van der Waals surface area contributed by atoms with E-state index in [-0.39, 0.29) is 5.54 Å². The average molecular weight is 278 g/mol. The van der Waals surface area contributed by atoms with Crippen molar-refractivity contribution in [1.29, 1.82) is 0 Å². The van der Waals surface area contributed by atoms with Crippen LogP contribution in [0.4, 0.5) is 0 Å². The van der Waals surface area contributed by atoms with Gasteiger partial charge in [-0.3, -0.25) is 0 Å². The molecule has 20 heavy (non-hydrogen) atoms. The van der Waals surface area contributed by atoms with Gasteiger partial charge in [0.05, 0.1) is 13.7 Å². The summed E-state index contributed by atoms with van der Waals surface area (Å²) in [5.74, 6) is 1.85. The van der Waals surface area contributed by atoms with Gasteiger partial charge in [-0.15, -0.1) is 0 Å². The Bertz CT molecular complexity index is 458. The number of nitrogens with zero attached hydrogens (tertiary/aromatic N) is 1. The molecule has 1 atom stereocenters. The third kappa shape index (κ3) is 3.25. The summed E-state index contributed by atoms with van der Waals surface area (Å²) in [4.78, 5) is 2.24. The van der Waals surface area contributed by atoms with E-state index in [4.69, 9.17) is 9.47 Å². The molecule has 0 saturated carbocycles. The van der Waals surface area contributed by atoms with Crippen LogP contribution >= 0.6 is 0 Å². The van der Waals surface area contributed by atoms with Crippen LogP contribution in [-0.2, 0) is 0 Å². The molecule has 1 heterocycles. The second-order valence-electron chi connectivity index (χ2n) is 6.18. The molecule has 0 amide bonds. The number of benzene rings is 1. The zero-order valence-corrected chi connectivity index (χ0v) is 13.2. The molecule has 1 N–H and O–H groups in total. The topological polar surface area (TPSA) is 33.7 Å². The fraction of sp³-hybridized carbons (Fsp3) is 0.625. The van der Waals surface area contributed by atoms with Gasteiger partial charge >= 0.3 is 0 Å². The van der Waals surface area contributed by atoms with Gasteiger partial charge in [-0.25, -0.2) is 0 Å². The van der Waals surface area contributed by atoms with Crippen LogP contribution in [0.15, 0.2) is 18.2 Å². The molecule has 0 fully saturated rings. The summed E-state index contributed by atoms with van der Waals surface area (Å²) in [6.45, 7) is 6.18. The summed E-state index contributed by atoms with van der Waals surface area (Å²) in [6.07, 6.45) is 0.990. The van der Waals surface area contributed by atoms with E-state index < -0.39 is 0 Å². The molecule has 1 aliphatic heterocycles. The molecule has 1 unspecified atom stereocenters. The molecule has 4 nitrogen and oxygen atoms in total. The van der Waals surface area contributed by atoms with Crippen molar-refractivity contribution >= 4 is 0 Å². The summed E-state index contributed by atoms with van der Waals surface area (Å²) in [5, 5.41) is 3.67. The predicted molar refractivity (Wildman–Crippen MR) is 81.6 cm³/mol. The van der Waals surface area contributed by atoms with Crippen LogP contribution in [-0.4, -0.2) is 44.8 Å². The molecule has 2 rings (SSSR count). The zero-order chi connectivity index (χ0) is 14.8. The van der Waals surface area contributed by atoms with E-state index in [1.165, 1.54) is 5.56 Å². The lowest BCUT2D eigenvalue weighted by Crippen LogP contribution is -2.47. The summed E-state index contributed by atoms with van der Waals surface area (Å²) >= 11 is 0. The number of nitrogens with one attached hydrogen (secondary N) is 1. The number of rotatable bonds is 5. The summed E-state index contributed by atoms with van der Waals surface area (Å²) < 4.78 is 11.0. The minimum atomic E-state index is 0.122. The molecule has 1 aromatic rings. The number of likely N-dealkylation sites (N-methyl/N-ethyl adjacent to an activating group) is 1. The SMILES string of the molecule is COc1ccc2c(c1)C(NCC(C)(C)N(C)C)CCO2. The van der Waals surface area contributed by atoms with Gasteiger partial charge in [-0.1, -0.05) is 0 Å². The first-order valence-electron chi connectivity index (χ1n) is 7.15. The van der Waals surface area contributed by atoms with Gasteiger partial charge in [0.1, 0.15) is 11.5 Å². The van der Waals surface area contributed by atoms with Crippen molar-refractivity contribution in [3.63, 3.8) is 0 Å². The standard InChI is InChI=1S/C16H26N2O2/c1-16(2,18(3)4)11-17-14-8-9-20-15-7-6-12(19-5)10-13(14)15/h6-7,10,14,17H,8-9,11H2,1-5H3. The summed E-state index contributed by atoms with van der Waals surface area (Å²) in [6, 6.07) is 6.35. The maximum Gasteiger partial charge on any atom is 0.124 e. The van der Waals surface area contributed by atoms with Crippen LogP contribution in [0.3, 0.4) is 0 Å². The highest BCUT2D eigenvalue weighted by molar-refractivity contribution is 5.43. The van der Waals surface area contributed by atoms with E-state index in [2.05, 4.69) is 44.2 Å². The highest BCUT2D eigenvalue weighted by Crippen LogP contribution is 2.34. The van der Waals surface area contributed by atoms with E-state index in [1.54, 1.807) is 7.11 Å². The van der Waals surface area contributed by atoms with Crippen LogP contribution in [0.2, 0.25) is 0 Å². The van der Waals surface area contributed by atoms with Gasteiger partial charge in [0, 0.05) is 30.1 Å². The van der Waals surface area contributed by atoms with Crippen molar-refractivity contribution in [2.45, 2.75) is 31.8 Å². The van der Waals surface area contributed by atoms with Crippen molar-refractivity contribution in [1.82, 2.24) is 10.2 Å². The van der Waals surface area contributed by atoms with Crippen molar-refractivity contribution in [3.8, 4) is 11.5 Å². The first-order chi connectivity index (χ1) is 9.44. The van der Waals surface area contributed by atoms with Crippen LogP contribution in [0.5, 0.6) is 11.5 Å². The van der Waals surface area contributed by atoms with E-state index in [9.17, 15) is 0 Å². The Morgan fingerprint density at radius 3 is 2.80 bits per heavy atom. The van der Waals surface area contributed by atoms with E-state index in [0.717, 1.165) is 31.1 Å². The predicted octanol–water partition coefficient (Wildman–Crippen LogP) is 2.45. The quantitative estimate of drug-likeness (QED) is 0.897. The molecule has 0 bridgehead atoms. The largest absolute Gasteiger partial charge is 0.497 e. The number of fused-ring (bicyclic) bond motifs is 1. The number of hydrogen-bond acceptors (Lipinski definition) is 4. The minimum Gasteiger partial charge on any atom is -0.497 e. The van der Waals surface area contributed by atoms with Gasteiger partial charge in [0.2, 0.25) is 0 Å². The Morgan fingerprint density at radius 1 is 1.40 bits per heavy atom. The van der Waals surface area contributed by atoms with Crippen molar-refractivity contribution in [3.05, 3.63) is 23.8 Å². The van der Waals surface area contributed by atoms with Crippen molar-refractivity contribution in [2.24, 2.45) is 0 Å². The molecular formula is C16H26N2O2. The van der Waals surface area contributed by atoms with Gasteiger partial charge in [-0.2, -0.15) is 0 Å². The fourth-order valence-electron chi connectivity index (χ4n) is 2.24. The second kappa shape index (κ2) is 6.02. The average Bonchev–Trinajstić information content (AvgIpc) is 2.44. The smallest absolute Gasteiger partial charge is 0.124 e. The molecule has 1 aromatic carbocycles. The molecule has 0 aliphatic carbocycles. The first-order valence-corrected chi connectivity index (χ1v) is 7.15. The number of hydrogen-bond donors (Lipinski definition) is 1. The van der Waals surface area contributed by atoms with Gasteiger partial charge < -0.3 is 19.7 Å². The lowest BCUT2D eigenvalue weighted by atomic mass is 9.98. The Morgan fingerprint density at radius 2 is 2.15 bits per heavy atom. The second-order valence-corrected chi connectivity index (χ2v) is 6.18. The normalized spacial score (nSPS) is 18.6. The molecule has 4 heteroatoms. The third-order valence-corrected chi connectivity index (χ3v) is 4.25. The molecule has 0 aromatic heterocycles. The van der Waals surface area contributed by atoms with E-state index in [1.807, 2.05) is 12.1 Å². The monoisotopic (exact) mass is 278 g/mol. The van der Waals surface area contributed by atoms with Gasteiger partial charge in [0.25, 0.3) is 0 Å². The zero-order valence-electron chi connectivity index (χ0n) is 13.2. The summed E-state index contributed by atoms with van der Waals surface area (Å²) in [5.41, 5.74) is 1.32.